The first-order valence-corrected chi connectivity index (χ1v) is 19.6. The molecule has 4 aromatic rings. The van der Waals surface area contributed by atoms with Crippen LogP contribution in [0.5, 0.6) is 40.2 Å². The van der Waals surface area contributed by atoms with Gasteiger partial charge in [-0.1, -0.05) is 24.3 Å². The first kappa shape index (κ1) is 36.7. The topological polar surface area (TPSA) is 59.1 Å². The van der Waals surface area contributed by atoms with E-state index < -0.39 is 0 Å². The average Bonchev–Trinajstić information content (AvgIpc) is 3.18. The SMILES string of the molecule is COc1ccc2cc1Oc1ccc(cc1)C[C@H]1c3cc(ccc3CCN1C)Oc1c(OC)c(OC)c(CN3CCN(C(C)C)CC3)c3c1[C@H](C2)N(C)CC3. The van der Waals surface area contributed by atoms with Crippen LogP contribution >= 0.6 is 0 Å². The van der Waals surface area contributed by atoms with Crippen molar-refractivity contribution < 1.29 is 23.7 Å². The van der Waals surface area contributed by atoms with Crippen molar-refractivity contribution in [3.63, 3.8) is 0 Å². The highest BCUT2D eigenvalue weighted by atomic mass is 16.5. The van der Waals surface area contributed by atoms with E-state index in [-0.39, 0.29) is 12.1 Å². The van der Waals surface area contributed by atoms with Crippen LogP contribution in [0, 0.1) is 0 Å². The average molecular weight is 733 g/mol. The van der Waals surface area contributed by atoms with Crippen molar-refractivity contribution in [2.24, 2.45) is 0 Å². The summed E-state index contributed by atoms with van der Waals surface area (Å²) in [6.07, 6.45) is 3.53. The lowest BCUT2D eigenvalue weighted by Gasteiger charge is -2.40. The fourth-order valence-corrected chi connectivity index (χ4v) is 9.13. The lowest BCUT2D eigenvalue weighted by molar-refractivity contribution is 0.103. The molecule has 0 radical (unpaired) electrons. The molecule has 5 aliphatic rings. The number of likely N-dealkylation sites (N-methyl/N-ethyl adjacent to an activating group) is 2. The third kappa shape index (κ3) is 7.03. The number of methoxy groups -OCH3 is 3. The van der Waals surface area contributed by atoms with Gasteiger partial charge < -0.3 is 23.7 Å². The van der Waals surface area contributed by atoms with Crippen molar-refractivity contribution in [1.82, 2.24) is 19.6 Å². The van der Waals surface area contributed by atoms with Gasteiger partial charge in [-0.25, -0.2) is 0 Å². The van der Waals surface area contributed by atoms with E-state index in [1.165, 1.54) is 33.4 Å². The van der Waals surface area contributed by atoms with Crippen LogP contribution in [0.3, 0.4) is 0 Å². The predicted molar refractivity (Wildman–Crippen MR) is 213 cm³/mol. The minimum atomic E-state index is 0.0102. The van der Waals surface area contributed by atoms with E-state index in [0.717, 1.165) is 100 Å². The molecule has 0 aliphatic carbocycles. The highest BCUT2D eigenvalue weighted by Crippen LogP contribution is 2.53. The third-order valence-corrected chi connectivity index (χ3v) is 12.3. The van der Waals surface area contributed by atoms with Crippen molar-refractivity contribution in [2.75, 3.05) is 74.7 Å². The molecular weight excluding hydrogens is 677 g/mol. The summed E-state index contributed by atoms with van der Waals surface area (Å²) in [5, 5.41) is 0. The van der Waals surface area contributed by atoms with Gasteiger partial charge in [0.1, 0.15) is 11.5 Å². The second kappa shape index (κ2) is 15.5. The van der Waals surface area contributed by atoms with Crippen molar-refractivity contribution in [1.29, 1.82) is 0 Å². The van der Waals surface area contributed by atoms with Crippen LogP contribution in [-0.4, -0.2) is 100 Å². The number of hydrogen-bond acceptors (Lipinski definition) is 9. The molecule has 1 fully saturated rings. The molecule has 9 rings (SSSR count). The van der Waals surface area contributed by atoms with Gasteiger partial charge in [0, 0.05) is 75.1 Å². The minimum absolute atomic E-state index is 0.0102. The zero-order valence-electron chi connectivity index (χ0n) is 33.1. The molecule has 9 nitrogen and oxygen atoms in total. The maximum absolute atomic E-state index is 7.20. The second-order valence-electron chi connectivity index (χ2n) is 15.8. The Morgan fingerprint density at radius 3 is 2.09 bits per heavy atom. The molecule has 6 bridgehead atoms. The molecule has 2 atom stereocenters. The van der Waals surface area contributed by atoms with Crippen LogP contribution in [0.25, 0.3) is 0 Å². The van der Waals surface area contributed by atoms with Crippen molar-refractivity contribution in [2.45, 2.75) is 64.2 Å². The predicted octanol–water partition coefficient (Wildman–Crippen LogP) is 7.68. The normalized spacial score (nSPS) is 20.7. The standard InChI is InChI=1S/C45H56N4O5/c1-29(2)49-22-20-48(21-23-49)28-37-35-17-19-47(4)39-25-31-10-15-40(50-5)41(26-31)53-33-12-8-30(9-13-33)24-38-36-27-34(14-11-32(36)16-18-46(38)3)54-44(42(35)39)45(52-7)43(37)51-6/h8-15,26-27,29,38-39H,16-25,28H2,1-7H3/t38-,39-/m0/s1. The van der Waals surface area contributed by atoms with E-state index >= 15 is 0 Å². The summed E-state index contributed by atoms with van der Waals surface area (Å²) < 4.78 is 32.3. The summed E-state index contributed by atoms with van der Waals surface area (Å²) in [6, 6.07) is 22.3. The van der Waals surface area contributed by atoms with Crippen LogP contribution < -0.4 is 23.7 Å². The second-order valence-corrected chi connectivity index (χ2v) is 15.8. The van der Waals surface area contributed by atoms with Crippen LogP contribution in [0.15, 0.2) is 60.7 Å². The van der Waals surface area contributed by atoms with Crippen LogP contribution in [0.4, 0.5) is 0 Å². The van der Waals surface area contributed by atoms with Gasteiger partial charge in [-0.2, -0.15) is 0 Å². The molecular formula is C45H56N4O5. The Morgan fingerprint density at radius 2 is 1.37 bits per heavy atom. The summed E-state index contributed by atoms with van der Waals surface area (Å²) >= 11 is 0. The maximum atomic E-state index is 7.20. The van der Waals surface area contributed by atoms with E-state index in [0.29, 0.717) is 23.3 Å². The summed E-state index contributed by atoms with van der Waals surface area (Å²) in [5.74, 6) is 5.21. The molecule has 1 saturated heterocycles. The molecule has 5 aliphatic heterocycles. The molecule has 0 amide bonds. The maximum Gasteiger partial charge on any atom is 0.204 e. The number of nitrogens with zero attached hydrogens (tertiary/aromatic N) is 4. The summed E-state index contributed by atoms with van der Waals surface area (Å²) in [5.41, 5.74) is 8.80. The Labute approximate surface area is 321 Å². The highest BCUT2D eigenvalue weighted by Gasteiger charge is 2.37. The third-order valence-electron chi connectivity index (χ3n) is 12.3. The lowest BCUT2D eigenvalue weighted by atomic mass is 9.84. The Balaban J connectivity index is 1.31. The van der Waals surface area contributed by atoms with E-state index in [2.05, 4.69) is 102 Å². The molecule has 9 heteroatoms. The van der Waals surface area contributed by atoms with Gasteiger partial charge in [-0.05, 0) is 118 Å². The molecule has 0 spiro atoms. The van der Waals surface area contributed by atoms with Gasteiger partial charge in [0.2, 0.25) is 5.75 Å². The fraction of sp³-hybridized carbons (Fsp3) is 0.467. The zero-order valence-corrected chi connectivity index (χ0v) is 33.1. The molecule has 0 unspecified atom stereocenters. The lowest BCUT2D eigenvalue weighted by Crippen LogP contribution is -2.48. The van der Waals surface area contributed by atoms with Gasteiger partial charge in [-0.15, -0.1) is 0 Å². The minimum Gasteiger partial charge on any atom is -0.493 e. The number of piperazine rings is 1. The van der Waals surface area contributed by atoms with E-state index in [1.54, 1.807) is 21.3 Å². The number of ether oxygens (including phenoxy) is 5. The van der Waals surface area contributed by atoms with Gasteiger partial charge in [0.15, 0.2) is 23.0 Å². The molecule has 0 aromatic heterocycles. The Morgan fingerprint density at radius 1 is 0.685 bits per heavy atom. The van der Waals surface area contributed by atoms with Gasteiger partial charge >= 0.3 is 0 Å². The highest BCUT2D eigenvalue weighted by molar-refractivity contribution is 5.67. The first-order chi connectivity index (χ1) is 26.2. The van der Waals surface area contributed by atoms with E-state index in [9.17, 15) is 0 Å². The van der Waals surface area contributed by atoms with Gasteiger partial charge in [0.25, 0.3) is 0 Å². The molecule has 0 N–H and O–H groups in total. The van der Waals surface area contributed by atoms with Gasteiger partial charge in [0.05, 0.1) is 21.3 Å². The number of fused-ring (bicyclic) bond motifs is 2. The largest absolute Gasteiger partial charge is 0.493 e. The van der Waals surface area contributed by atoms with E-state index in [1.807, 2.05) is 6.07 Å². The Hall–Kier alpha value is -4.28. The smallest absolute Gasteiger partial charge is 0.204 e. The molecule has 286 valence electrons. The van der Waals surface area contributed by atoms with Gasteiger partial charge in [-0.3, -0.25) is 19.6 Å². The summed E-state index contributed by atoms with van der Waals surface area (Å²) in [7, 11) is 9.68. The summed E-state index contributed by atoms with van der Waals surface area (Å²) in [6.45, 7) is 11.5. The number of hydrogen-bond donors (Lipinski definition) is 0. The summed E-state index contributed by atoms with van der Waals surface area (Å²) in [4.78, 5) is 10.1. The Kier molecular flexibility index (Phi) is 10.5. The number of rotatable bonds is 6. The molecule has 54 heavy (non-hydrogen) atoms. The van der Waals surface area contributed by atoms with Crippen molar-refractivity contribution >= 4 is 0 Å². The monoisotopic (exact) mass is 732 g/mol. The fourth-order valence-electron chi connectivity index (χ4n) is 9.13. The molecule has 0 saturated carbocycles. The molecule has 5 heterocycles. The van der Waals surface area contributed by atoms with Crippen LogP contribution in [0.1, 0.15) is 64.9 Å². The van der Waals surface area contributed by atoms with Crippen molar-refractivity contribution in [3.8, 4) is 40.2 Å². The quantitative estimate of drug-likeness (QED) is 0.199. The molecule has 4 aromatic carbocycles. The van der Waals surface area contributed by atoms with Crippen LogP contribution in [-0.2, 0) is 32.2 Å². The first-order valence-electron chi connectivity index (χ1n) is 19.6. The van der Waals surface area contributed by atoms with Crippen molar-refractivity contribution in [3.05, 3.63) is 99.6 Å². The van der Waals surface area contributed by atoms with Crippen LogP contribution in [0.2, 0.25) is 0 Å². The Bertz CT molecular complexity index is 1970. The van der Waals surface area contributed by atoms with E-state index in [4.69, 9.17) is 23.7 Å². The number of benzene rings is 4. The zero-order chi connectivity index (χ0) is 37.5.